The van der Waals surface area contributed by atoms with Crippen molar-refractivity contribution in [3.05, 3.63) is 29.6 Å². The van der Waals surface area contributed by atoms with Gasteiger partial charge in [0.25, 0.3) is 0 Å². The molecule has 110 valence electrons. The van der Waals surface area contributed by atoms with Crippen LogP contribution in [0.25, 0.3) is 0 Å². The summed E-state index contributed by atoms with van der Waals surface area (Å²) < 4.78 is 0. The number of nitrogens with one attached hydrogen (secondary N) is 1. The van der Waals surface area contributed by atoms with Crippen molar-refractivity contribution in [2.75, 3.05) is 13.1 Å². The average Bonchev–Trinajstić information content (AvgIpc) is 3.25. The second-order valence-corrected chi connectivity index (χ2v) is 6.75. The van der Waals surface area contributed by atoms with E-state index in [2.05, 4.69) is 42.3 Å². The van der Waals surface area contributed by atoms with Gasteiger partial charge in [0, 0.05) is 25.7 Å². The number of likely N-dealkylation sites (tertiary alicyclic amines) is 1. The Labute approximate surface area is 122 Å². The van der Waals surface area contributed by atoms with Crippen molar-refractivity contribution in [1.82, 2.24) is 15.2 Å². The summed E-state index contributed by atoms with van der Waals surface area (Å²) in [5, 5.41) is 3.54. The van der Waals surface area contributed by atoms with E-state index in [1.165, 1.54) is 43.7 Å². The van der Waals surface area contributed by atoms with E-state index in [1.807, 2.05) is 0 Å². The molecular weight excluding hydrogens is 246 g/mol. The van der Waals surface area contributed by atoms with Crippen molar-refractivity contribution in [2.24, 2.45) is 11.8 Å². The summed E-state index contributed by atoms with van der Waals surface area (Å²) in [6, 6.07) is 7.22. The third-order valence-electron chi connectivity index (χ3n) is 4.82. The molecule has 0 aromatic carbocycles. The molecular formula is C17H27N3. The van der Waals surface area contributed by atoms with E-state index in [0.29, 0.717) is 0 Å². The fourth-order valence-electron chi connectivity index (χ4n) is 2.97. The normalized spacial score (nSPS) is 27.7. The van der Waals surface area contributed by atoms with E-state index in [1.54, 1.807) is 0 Å². The fourth-order valence-corrected chi connectivity index (χ4v) is 2.97. The molecule has 2 unspecified atom stereocenters. The van der Waals surface area contributed by atoms with Crippen molar-refractivity contribution in [3.63, 3.8) is 0 Å². The molecule has 1 aromatic rings. The van der Waals surface area contributed by atoms with Gasteiger partial charge in [-0.25, -0.2) is 0 Å². The zero-order valence-electron chi connectivity index (χ0n) is 12.8. The lowest BCUT2D eigenvalue weighted by atomic mass is 9.88. The Morgan fingerprint density at radius 1 is 1.15 bits per heavy atom. The largest absolute Gasteiger partial charge is 0.308 e. The van der Waals surface area contributed by atoms with Gasteiger partial charge in [-0.1, -0.05) is 19.9 Å². The van der Waals surface area contributed by atoms with Gasteiger partial charge in [0.05, 0.1) is 11.4 Å². The minimum absolute atomic E-state index is 0.755. The van der Waals surface area contributed by atoms with Crippen LogP contribution < -0.4 is 5.32 Å². The zero-order valence-corrected chi connectivity index (χ0v) is 12.8. The first kappa shape index (κ1) is 14.0. The number of rotatable bonds is 5. The summed E-state index contributed by atoms with van der Waals surface area (Å²) in [6.45, 7) is 9.12. The lowest BCUT2D eigenvalue weighted by molar-refractivity contribution is 0.131. The third kappa shape index (κ3) is 3.80. The highest BCUT2D eigenvalue weighted by atomic mass is 15.1. The molecule has 2 aliphatic rings. The summed E-state index contributed by atoms with van der Waals surface area (Å²) in [4.78, 5) is 7.37. The molecule has 20 heavy (non-hydrogen) atoms. The number of hydrogen-bond acceptors (Lipinski definition) is 3. The molecule has 1 N–H and O–H groups in total. The zero-order chi connectivity index (χ0) is 13.9. The molecule has 1 aromatic heterocycles. The number of nitrogens with zero attached hydrogens (tertiary/aromatic N) is 2. The lowest BCUT2D eigenvalue weighted by Crippen LogP contribution is -2.38. The smallest absolute Gasteiger partial charge is 0.0547 e. The monoisotopic (exact) mass is 273 g/mol. The summed E-state index contributed by atoms with van der Waals surface area (Å²) in [5.41, 5.74) is 2.41. The van der Waals surface area contributed by atoms with Gasteiger partial charge in [-0.15, -0.1) is 0 Å². The first-order valence-electron chi connectivity index (χ1n) is 8.11. The molecule has 3 rings (SSSR count). The maximum absolute atomic E-state index is 4.81. The number of hydrogen-bond donors (Lipinski definition) is 1. The third-order valence-corrected chi connectivity index (χ3v) is 4.82. The minimum atomic E-state index is 0.755. The predicted molar refractivity (Wildman–Crippen MR) is 82.3 cm³/mol. The first-order chi connectivity index (χ1) is 9.70. The van der Waals surface area contributed by atoms with Crippen LogP contribution in [0.1, 0.15) is 44.5 Å². The van der Waals surface area contributed by atoms with Crippen LogP contribution in [0.3, 0.4) is 0 Å². The van der Waals surface area contributed by atoms with Gasteiger partial charge in [0.2, 0.25) is 0 Å². The van der Waals surface area contributed by atoms with Gasteiger partial charge >= 0.3 is 0 Å². The molecule has 1 aliphatic carbocycles. The van der Waals surface area contributed by atoms with Crippen LogP contribution in [0.15, 0.2) is 18.2 Å². The van der Waals surface area contributed by atoms with Gasteiger partial charge in [-0.3, -0.25) is 9.88 Å². The molecule has 1 saturated heterocycles. The van der Waals surface area contributed by atoms with Crippen molar-refractivity contribution in [1.29, 1.82) is 0 Å². The highest BCUT2D eigenvalue weighted by molar-refractivity contribution is 5.11. The molecule has 3 heteroatoms. The van der Waals surface area contributed by atoms with E-state index in [4.69, 9.17) is 4.98 Å². The van der Waals surface area contributed by atoms with Gasteiger partial charge in [-0.05, 0) is 49.8 Å². The number of aromatic nitrogens is 1. The molecule has 0 radical (unpaired) electrons. The Kier molecular flexibility index (Phi) is 4.37. The molecule has 2 heterocycles. The van der Waals surface area contributed by atoms with Gasteiger partial charge in [0.1, 0.15) is 0 Å². The highest BCUT2D eigenvalue weighted by Crippen LogP contribution is 2.23. The van der Waals surface area contributed by atoms with E-state index < -0.39 is 0 Å². The topological polar surface area (TPSA) is 28.2 Å². The highest BCUT2D eigenvalue weighted by Gasteiger charge is 2.23. The van der Waals surface area contributed by atoms with Crippen LogP contribution in [0, 0.1) is 11.8 Å². The van der Waals surface area contributed by atoms with E-state index in [9.17, 15) is 0 Å². The minimum Gasteiger partial charge on any atom is -0.308 e. The van der Waals surface area contributed by atoms with Crippen molar-refractivity contribution in [3.8, 4) is 0 Å². The van der Waals surface area contributed by atoms with Crippen LogP contribution in [0.5, 0.6) is 0 Å². The Bertz CT molecular complexity index is 442. The number of piperidine rings is 1. The van der Waals surface area contributed by atoms with Crippen LogP contribution in [0.2, 0.25) is 0 Å². The van der Waals surface area contributed by atoms with E-state index in [0.717, 1.165) is 31.0 Å². The van der Waals surface area contributed by atoms with Gasteiger partial charge in [-0.2, -0.15) is 0 Å². The fraction of sp³-hybridized carbons (Fsp3) is 0.706. The second-order valence-electron chi connectivity index (χ2n) is 6.75. The second kappa shape index (κ2) is 6.23. The molecule has 1 saturated carbocycles. The molecule has 2 atom stereocenters. The molecule has 1 aliphatic heterocycles. The van der Waals surface area contributed by atoms with Crippen LogP contribution in [-0.2, 0) is 13.1 Å². The van der Waals surface area contributed by atoms with Gasteiger partial charge in [0.15, 0.2) is 0 Å². The molecule has 2 fully saturated rings. The Morgan fingerprint density at radius 3 is 2.70 bits per heavy atom. The average molecular weight is 273 g/mol. The van der Waals surface area contributed by atoms with E-state index in [-0.39, 0.29) is 0 Å². The summed E-state index contributed by atoms with van der Waals surface area (Å²) >= 11 is 0. The van der Waals surface area contributed by atoms with Crippen LogP contribution in [-0.4, -0.2) is 29.0 Å². The van der Waals surface area contributed by atoms with Crippen LogP contribution >= 0.6 is 0 Å². The standard InChI is InChI=1S/C17H27N3/c1-13-8-9-20(11-14(13)2)12-17-5-3-4-16(19-17)10-18-15-6-7-15/h3-5,13-15,18H,6-12H2,1-2H3. The SMILES string of the molecule is CC1CCN(Cc2cccc(CNC3CC3)n2)CC1C. The molecule has 0 amide bonds. The maximum Gasteiger partial charge on any atom is 0.0547 e. The predicted octanol–water partition coefficient (Wildman–Crippen LogP) is 2.81. The molecule has 0 spiro atoms. The number of pyridine rings is 1. The molecule has 3 nitrogen and oxygen atoms in total. The van der Waals surface area contributed by atoms with Crippen molar-refractivity contribution >= 4 is 0 Å². The lowest BCUT2D eigenvalue weighted by Gasteiger charge is -2.35. The van der Waals surface area contributed by atoms with E-state index >= 15 is 0 Å². The summed E-state index contributed by atoms with van der Waals surface area (Å²) in [5.74, 6) is 1.68. The summed E-state index contributed by atoms with van der Waals surface area (Å²) in [7, 11) is 0. The van der Waals surface area contributed by atoms with Crippen molar-refractivity contribution in [2.45, 2.75) is 52.2 Å². The van der Waals surface area contributed by atoms with Gasteiger partial charge < -0.3 is 5.32 Å². The summed E-state index contributed by atoms with van der Waals surface area (Å²) in [6.07, 6.45) is 4.00. The molecule has 0 bridgehead atoms. The maximum atomic E-state index is 4.81. The van der Waals surface area contributed by atoms with Crippen molar-refractivity contribution < 1.29 is 0 Å². The Hall–Kier alpha value is -0.930. The quantitative estimate of drug-likeness (QED) is 0.894. The first-order valence-corrected chi connectivity index (χ1v) is 8.11. The Balaban J connectivity index is 1.54. The van der Waals surface area contributed by atoms with Crippen LogP contribution in [0.4, 0.5) is 0 Å². The Morgan fingerprint density at radius 2 is 1.95 bits per heavy atom.